The lowest BCUT2D eigenvalue weighted by Gasteiger charge is -2.16. The number of aryl methyl sites for hydroxylation is 1. The zero-order chi connectivity index (χ0) is 16.0. The summed E-state index contributed by atoms with van der Waals surface area (Å²) in [5.41, 5.74) is 2.65. The van der Waals surface area contributed by atoms with Gasteiger partial charge in [0.25, 0.3) is 0 Å². The second-order valence-corrected chi connectivity index (χ2v) is 6.53. The fraction of sp³-hybridized carbons (Fsp3) is 0.368. The van der Waals surface area contributed by atoms with Crippen LogP contribution in [0.2, 0.25) is 0 Å². The Kier molecular flexibility index (Phi) is 4.63. The summed E-state index contributed by atoms with van der Waals surface area (Å²) in [7, 11) is 0. The first kappa shape index (κ1) is 17.3. The molecule has 0 saturated heterocycles. The van der Waals surface area contributed by atoms with Gasteiger partial charge in [-0.25, -0.2) is 0 Å². The third-order valence-corrected chi connectivity index (χ3v) is 4.98. The van der Waals surface area contributed by atoms with Crippen LogP contribution in [0.4, 0.5) is 13.2 Å². The molecular weight excluding hydrogens is 335 g/mol. The predicted molar refractivity (Wildman–Crippen MR) is 90.5 cm³/mol. The standard InChI is InChI=1S/C19H18F3N.ClH/c20-19(21,22)14-8-6-13-7-9-17(15(13)10-14)23-18-11-16(18)12-4-2-1-3-5-12;/h1-6,8,10,16-18,23H,7,9,11H2;1H/t16-,17?,18+;/m0./s1. The minimum absolute atomic E-state index is 0. The smallest absolute Gasteiger partial charge is 0.307 e. The Morgan fingerprint density at radius 1 is 1.00 bits per heavy atom. The van der Waals surface area contributed by atoms with Gasteiger partial charge in [0.1, 0.15) is 0 Å². The first-order chi connectivity index (χ1) is 11.0. The van der Waals surface area contributed by atoms with Gasteiger partial charge < -0.3 is 5.32 Å². The summed E-state index contributed by atoms with van der Waals surface area (Å²) in [6.07, 6.45) is -1.47. The van der Waals surface area contributed by atoms with E-state index in [4.69, 9.17) is 0 Å². The monoisotopic (exact) mass is 353 g/mol. The van der Waals surface area contributed by atoms with Crippen LogP contribution in [0.15, 0.2) is 48.5 Å². The van der Waals surface area contributed by atoms with Gasteiger partial charge in [-0.05, 0) is 48.1 Å². The van der Waals surface area contributed by atoms with Crippen molar-refractivity contribution in [1.82, 2.24) is 5.32 Å². The van der Waals surface area contributed by atoms with Crippen molar-refractivity contribution in [3.8, 4) is 0 Å². The fourth-order valence-electron chi connectivity index (χ4n) is 3.66. The maximum absolute atomic E-state index is 12.9. The fourth-order valence-corrected chi connectivity index (χ4v) is 3.66. The highest BCUT2D eigenvalue weighted by atomic mass is 35.5. The molecular formula is C19H19ClF3N. The third kappa shape index (κ3) is 3.31. The van der Waals surface area contributed by atoms with Crippen LogP contribution < -0.4 is 5.32 Å². The van der Waals surface area contributed by atoms with E-state index in [9.17, 15) is 13.2 Å². The highest BCUT2D eigenvalue weighted by molar-refractivity contribution is 5.85. The average molecular weight is 354 g/mol. The van der Waals surface area contributed by atoms with E-state index in [0.29, 0.717) is 12.0 Å². The van der Waals surface area contributed by atoms with Crippen molar-refractivity contribution in [2.75, 3.05) is 0 Å². The van der Waals surface area contributed by atoms with E-state index >= 15 is 0 Å². The molecule has 1 saturated carbocycles. The average Bonchev–Trinajstić information content (AvgIpc) is 3.19. The van der Waals surface area contributed by atoms with E-state index < -0.39 is 11.7 Å². The maximum atomic E-state index is 12.9. The molecule has 0 bridgehead atoms. The molecule has 2 aliphatic carbocycles. The number of fused-ring (bicyclic) bond motifs is 1. The molecule has 4 rings (SSSR count). The molecule has 1 nitrogen and oxygen atoms in total. The van der Waals surface area contributed by atoms with E-state index in [1.807, 2.05) is 18.2 Å². The molecule has 5 heteroatoms. The summed E-state index contributed by atoms with van der Waals surface area (Å²) < 4.78 is 38.8. The van der Waals surface area contributed by atoms with Gasteiger partial charge in [-0.15, -0.1) is 12.4 Å². The van der Waals surface area contributed by atoms with Gasteiger partial charge in [0.2, 0.25) is 0 Å². The molecule has 0 radical (unpaired) electrons. The normalized spacial score (nSPS) is 25.0. The Hall–Kier alpha value is -1.52. The van der Waals surface area contributed by atoms with Crippen molar-refractivity contribution in [3.63, 3.8) is 0 Å². The van der Waals surface area contributed by atoms with Crippen LogP contribution in [0, 0.1) is 0 Å². The van der Waals surface area contributed by atoms with Gasteiger partial charge in [0.05, 0.1) is 5.56 Å². The number of benzene rings is 2. The van der Waals surface area contributed by atoms with E-state index in [0.717, 1.165) is 30.4 Å². The minimum atomic E-state index is -4.27. The van der Waals surface area contributed by atoms with Gasteiger partial charge in [0.15, 0.2) is 0 Å². The van der Waals surface area contributed by atoms with Crippen LogP contribution >= 0.6 is 12.4 Å². The van der Waals surface area contributed by atoms with Crippen molar-refractivity contribution in [1.29, 1.82) is 0 Å². The lowest BCUT2D eigenvalue weighted by atomic mass is 10.0. The molecule has 24 heavy (non-hydrogen) atoms. The SMILES string of the molecule is Cl.FC(F)(F)c1ccc2c(c1)C(N[C@@H]1C[C@H]1c1ccccc1)CC2. The zero-order valence-corrected chi connectivity index (χ0v) is 13.8. The Bertz CT molecular complexity index is 714. The number of halogens is 4. The summed E-state index contributed by atoms with van der Waals surface area (Å²) in [6.45, 7) is 0. The van der Waals surface area contributed by atoms with E-state index in [1.165, 1.54) is 17.7 Å². The minimum Gasteiger partial charge on any atom is -0.307 e. The molecule has 128 valence electrons. The molecule has 0 heterocycles. The summed E-state index contributed by atoms with van der Waals surface area (Å²) >= 11 is 0. The molecule has 1 fully saturated rings. The lowest BCUT2D eigenvalue weighted by molar-refractivity contribution is -0.137. The Balaban J connectivity index is 0.00000169. The Morgan fingerprint density at radius 2 is 1.75 bits per heavy atom. The summed E-state index contributed by atoms with van der Waals surface area (Å²) in [5, 5.41) is 3.57. The Morgan fingerprint density at radius 3 is 2.46 bits per heavy atom. The number of alkyl halides is 3. The van der Waals surface area contributed by atoms with Crippen molar-refractivity contribution in [3.05, 3.63) is 70.8 Å². The van der Waals surface area contributed by atoms with E-state index in [2.05, 4.69) is 17.4 Å². The highest BCUT2D eigenvalue weighted by Crippen LogP contribution is 2.44. The molecule has 1 unspecified atom stereocenters. The van der Waals surface area contributed by atoms with Crippen LogP contribution in [0.3, 0.4) is 0 Å². The van der Waals surface area contributed by atoms with Crippen LogP contribution in [0.5, 0.6) is 0 Å². The first-order valence-corrected chi connectivity index (χ1v) is 8.03. The molecule has 0 amide bonds. The summed E-state index contributed by atoms with van der Waals surface area (Å²) in [5.74, 6) is 0.492. The molecule has 1 N–H and O–H groups in total. The van der Waals surface area contributed by atoms with E-state index in [1.54, 1.807) is 6.07 Å². The molecule has 3 atom stereocenters. The molecule has 2 aliphatic rings. The number of rotatable bonds is 3. The number of nitrogens with one attached hydrogen (secondary N) is 1. The van der Waals surface area contributed by atoms with Crippen LogP contribution in [-0.2, 0) is 12.6 Å². The van der Waals surface area contributed by atoms with Gasteiger partial charge in [-0.2, -0.15) is 13.2 Å². The third-order valence-electron chi connectivity index (χ3n) is 4.98. The summed E-state index contributed by atoms with van der Waals surface area (Å²) in [6, 6.07) is 14.9. The van der Waals surface area contributed by atoms with Gasteiger partial charge in [-0.1, -0.05) is 36.4 Å². The molecule has 0 aromatic heterocycles. The molecule has 2 aromatic carbocycles. The van der Waals surface area contributed by atoms with Crippen molar-refractivity contribution in [2.24, 2.45) is 0 Å². The number of hydrogen-bond acceptors (Lipinski definition) is 1. The largest absolute Gasteiger partial charge is 0.416 e. The zero-order valence-electron chi connectivity index (χ0n) is 13.0. The maximum Gasteiger partial charge on any atom is 0.416 e. The second-order valence-electron chi connectivity index (χ2n) is 6.53. The van der Waals surface area contributed by atoms with Gasteiger partial charge in [0, 0.05) is 18.0 Å². The Labute approximate surface area is 145 Å². The lowest BCUT2D eigenvalue weighted by Crippen LogP contribution is -2.23. The summed E-state index contributed by atoms with van der Waals surface area (Å²) in [4.78, 5) is 0. The molecule has 2 aromatic rings. The highest BCUT2D eigenvalue weighted by Gasteiger charge is 2.41. The van der Waals surface area contributed by atoms with Gasteiger partial charge >= 0.3 is 6.18 Å². The second kappa shape index (κ2) is 6.41. The predicted octanol–water partition coefficient (Wildman–Crippen LogP) is 5.26. The molecule has 0 spiro atoms. The van der Waals surface area contributed by atoms with Crippen molar-refractivity contribution >= 4 is 12.4 Å². The van der Waals surface area contributed by atoms with Crippen LogP contribution in [0.1, 0.15) is 47.1 Å². The molecule has 0 aliphatic heterocycles. The topological polar surface area (TPSA) is 12.0 Å². The van der Waals surface area contributed by atoms with Gasteiger partial charge in [-0.3, -0.25) is 0 Å². The van der Waals surface area contributed by atoms with Crippen LogP contribution in [-0.4, -0.2) is 6.04 Å². The van der Waals surface area contributed by atoms with Crippen molar-refractivity contribution < 1.29 is 13.2 Å². The van der Waals surface area contributed by atoms with Crippen LogP contribution in [0.25, 0.3) is 0 Å². The van der Waals surface area contributed by atoms with Crippen molar-refractivity contribution in [2.45, 2.75) is 43.4 Å². The first-order valence-electron chi connectivity index (χ1n) is 8.03. The quantitative estimate of drug-likeness (QED) is 0.793. The number of hydrogen-bond donors (Lipinski definition) is 1. The van der Waals surface area contributed by atoms with E-state index in [-0.39, 0.29) is 18.4 Å².